The van der Waals surface area contributed by atoms with E-state index in [2.05, 4.69) is 10.2 Å². The van der Waals surface area contributed by atoms with E-state index in [9.17, 15) is 4.79 Å². The zero-order valence-electron chi connectivity index (χ0n) is 12.9. The number of benzene rings is 2. The van der Waals surface area contributed by atoms with Crippen LogP contribution in [0.3, 0.4) is 0 Å². The van der Waals surface area contributed by atoms with Crippen LogP contribution in [0, 0.1) is 0 Å². The van der Waals surface area contributed by atoms with Crippen LogP contribution in [0.4, 0.5) is 0 Å². The monoisotopic (exact) mass is 329 g/mol. The first-order valence-electron chi connectivity index (χ1n) is 7.72. The van der Waals surface area contributed by atoms with Gasteiger partial charge in [0.1, 0.15) is 22.4 Å². The van der Waals surface area contributed by atoms with Gasteiger partial charge in [0.25, 0.3) is 0 Å². The minimum atomic E-state index is -0.496. The van der Waals surface area contributed by atoms with Gasteiger partial charge in [-0.2, -0.15) is 0 Å². The fraction of sp³-hybridized carbons (Fsp3) is 0. The van der Waals surface area contributed by atoms with Gasteiger partial charge in [0, 0.05) is 10.9 Å². The fourth-order valence-electron chi connectivity index (χ4n) is 2.80. The van der Waals surface area contributed by atoms with Crippen molar-refractivity contribution in [1.29, 1.82) is 0 Å². The van der Waals surface area contributed by atoms with Crippen molar-refractivity contribution < 1.29 is 8.83 Å². The van der Waals surface area contributed by atoms with E-state index in [4.69, 9.17) is 8.83 Å². The zero-order chi connectivity index (χ0) is 16.8. The highest BCUT2D eigenvalue weighted by molar-refractivity contribution is 5.83. The lowest BCUT2D eigenvalue weighted by Gasteiger charge is -2.03. The minimum Gasteiger partial charge on any atom is -0.464 e. The number of rotatable bonds is 2. The summed E-state index contributed by atoms with van der Waals surface area (Å²) < 4.78 is 10.9. The Bertz CT molecular complexity index is 1230. The van der Waals surface area contributed by atoms with Gasteiger partial charge in [-0.3, -0.25) is 0 Å². The van der Waals surface area contributed by atoms with E-state index in [-0.39, 0.29) is 5.69 Å². The molecule has 120 valence electrons. The lowest BCUT2D eigenvalue weighted by molar-refractivity contribution is 0.546. The molecule has 0 saturated carbocycles. The fourth-order valence-corrected chi connectivity index (χ4v) is 2.80. The third-order valence-electron chi connectivity index (χ3n) is 4.03. The normalized spacial score (nSPS) is 11.4. The first-order valence-corrected chi connectivity index (χ1v) is 7.72. The van der Waals surface area contributed by atoms with Crippen LogP contribution in [0.5, 0.6) is 0 Å². The molecular formula is C19H11N3O3. The SMILES string of the molecule is O=c1oc2cc(-c3ccco3)ccc2cc1-n1nc2ccccc2n1. The summed E-state index contributed by atoms with van der Waals surface area (Å²) in [6.07, 6.45) is 1.60. The molecule has 0 bridgehead atoms. The molecule has 0 spiro atoms. The summed E-state index contributed by atoms with van der Waals surface area (Å²) in [6, 6.07) is 18.4. The summed E-state index contributed by atoms with van der Waals surface area (Å²) in [4.78, 5) is 13.7. The maximum Gasteiger partial charge on any atom is 0.364 e. The minimum absolute atomic E-state index is 0.273. The van der Waals surface area contributed by atoms with Crippen molar-refractivity contribution in [2.24, 2.45) is 0 Å². The second kappa shape index (κ2) is 5.17. The molecule has 0 amide bonds. The number of fused-ring (bicyclic) bond motifs is 2. The van der Waals surface area contributed by atoms with Crippen molar-refractivity contribution in [2.45, 2.75) is 0 Å². The highest BCUT2D eigenvalue weighted by atomic mass is 16.4. The Morgan fingerprint density at radius 1 is 0.880 bits per heavy atom. The summed E-state index contributed by atoms with van der Waals surface area (Å²) in [6.45, 7) is 0. The second-order valence-electron chi connectivity index (χ2n) is 5.63. The molecule has 5 aromatic rings. The Hall–Kier alpha value is -3.67. The van der Waals surface area contributed by atoms with Crippen molar-refractivity contribution in [1.82, 2.24) is 15.0 Å². The van der Waals surface area contributed by atoms with E-state index < -0.39 is 5.63 Å². The molecule has 0 N–H and O–H groups in total. The molecule has 25 heavy (non-hydrogen) atoms. The van der Waals surface area contributed by atoms with Crippen LogP contribution in [0.2, 0.25) is 0 Å². The van der Waals surface area contributed by atoms with Gasteiger partial charge in [0.15, 0.2) is 5.69 Å². The van der Waals surface area contributed by atoms with Crippen LogP contribution in [0.15, 0.2) is 80.6 Å². The molecule has 3 aromatic heterocycles. The topological polar surface area (TPSA) is 74.1 Å². The van der Waals surface area contributed by atoms with Crippen LogP contribution >= 0.6 is 0 Å². The molecule has 0 aliphatic carbocycles. The number of nitrogens with zero attached hydrogens (tertiary/aromatic N) is 3. The lowest BCUT2D eigenvalue weighted by atomic mass is 10.1. The Labute approximate surface area is 140 Å². The van der Waals surface area contributed by atoms with Gasteiger partial charge in [-0.1, -0.05) is 24.3 Å². The van der Waals surface area contributed by atoms with Crippen molar-refractivity contribution in [3.05, 3.63) is 77.3 Å². The van der Waals surface area contributed by atoms with Crippen LogP contribution < -0.4 is 5.63 Å². The quantitative estimate of drug-likeness (QED) is 0.461. The third-order valence-corrected chi connectivity index (χ3v) is 4.03. The van der Waals surface area contributed by atoms with Gasteiger partial charge in [0.05, 0.1) is 6.26 Å². The van der Waals surface area contributed by atoms with Gasteiger partial charge in [-0.25, -0.2) is 4.79 Å². The first-order chi connectivity index (χ1) is 12.3. The Balaban J connectivity index is 1.68. The number of hydrogen-bond donors (Lipinski definition) is 0. The molecule has 0 atom stereocenters. The third kappa shape index (κ3) is 2.23. The second-order valence-corrected chi connectivity index (χ2v) is 5.63. The summed E-state index contributed by atoms with van der Waals surface area (Å²) in [5, 5.41) is 9.46. The van der Waals surface area contributed by atoms with Gasteiger partial charge in [-0.15, -0.1) is 15.0 Å². The highest BCUT2D eigenvalue weighted by Gasteiger charge is 2.12. The van der Waals surface area contributed by atoms with Gasteiger partial charge >= 0.3 is 5.63 Å². The van der Waals surface area contributed by atoms with E-state index in [0.717, 1.165) is 22.0 Å². The molecule has 0 fully saturated rings. The molecule has 5 rings (SSSR count). The predicted octanol–water partition coefficient (Wildman–Crippen LogP) is 3.79. The van der Waals surface area contributed by atoms with E-state index in [0.29, 0.717) is 11.3 Å². The van der Waals surface area contributed by atoms with Crippen LogP contribution in [-0.2, 0) is 0 Å². The summed E-state index contributed by atoms with van der Waals surface area (Å²) in [5.74, 6) is 0.716. The molecule has 0 aliphatic rings. The zero-order valence-corrected chi connectivity index (χ0v) is 12.9. The maximum atomic E-state index is 12.4. The molecule has 6 heteroatoms. The number of furan rings is 1. The van der Waals surface area contributed by atoms with Crippen LogP contribution in [0.1, 0.15) is 0 Å². The van der Waals surface area contributed by atoms with Gasteiger partial charge in [0.2, 0.25) is 0 Å². The lowest BCUT2D eigenvalue weighted by Crippen LogP contribution is -2.12. The Morgan fingerprint density at radius 3 is 2.40 bits per heavy atom. The first kappa shape index (κ1) is 13.7. The molecular weight excluding hydrogens is 318 g/mol. The average Bonchev–Trinajstić information content (AvgIpc) is 3.30. The van der Waals surface area contributed by atoms with Crippen LogP contribution in [0.25, 0.3) is 39.0 Å². The van der Waals surface area contributed by atoms with Crippen molar-refractivity contribution in [3.8, 4) is 17.0 Å². The molecule has 2 aromatic carbocycles. The van der Waals surface area contributed by atoms with E-state index in [1.54, 1.807) is 18.4 Å². The average molecular weight is 329 g/mol. The van der Waals surface area contributed by atoms with Crippen molar-refractivity contribution >= 4 is 22.0 Å². The van der Waals surface area contributed by atoms with Gasteiger partial charge in [-0.05, 0) is 36.4 Å². The largest absolute Gasteiger partial charge is 0.464 e. The molecule has 0 aliphatic heterocycles. The summed E-state index contributed by atoms with van der Waals surface area (Å²) >= 11 is 0. The molecule has 0 unspecified atom stereocenters. The van der Waals surface area contributed by atoms with Crippen molar-refractivity contribution in [2.75, 3.05) is 0 Å². The molecule has 3 heterocycles. The standard InChI is InChI=1S/C19H11N3O3/c23-19-16(22-20-14-4-1-2-5-15(14)21-22)10-12-7-8-13(11-18(12)25-19)17-6-3-9-24-17/h1-11H. The van der Waals surface area contributed by atoms with E-state index in [1.807, 2.05) is 48.5 Å². The van der Waals surface area contributed by atoms with Crippen molar-refractivity contribution in [3.63, 3.8) is 0 Å². The van der Waals surface area contributed by atoms with Crippen LogP contribution in [-0.4, -0.2) is 15.0 Å². The van der Waals surface area contributed by atoms with Gasteiger partial charge < -0.3 is 8.83 Å². The van der Waals surface area contributed by atoms with E-state index >= 15 is 0 Å². The molecule has 6 nitrogen and oxygen atoms in total. The Kier molecular flexibility index (Phi) is 2.84. The highest BCUT2D eigenvalue weighted by Crippen LogP contribution is 2.25. The molecule has 0 saturated heterocycles. The number of hydrogen-bond acceptors (Lipinski definition) is 5. The Morgan fingerprint density at radius 2 is 1.68 bits per heavy atom. The molecule has 0 radical (unpaired) electrons. The smallest absolute Gasteiger partial charge is 0.364 e. The number of aromatic nitrogens is 3. The van der Waals surface area contributed by atoms with E-state index in [1.165, 1.54) is 4.80 Å². The predicted molar refractivity (Wildman–Crippen MR) is 92.6 cm³/mol. The maximum absolute atomic E-state index is 12.4. The summed E-state index contributed by atoms with van der Waals surface area (Å²) in [5.41, 5.74) is 2.54. The summed E-state index contributed by atoms with van der Waals surface area (Å²) in [7, 11) is 0.